The highest BCUT2D eigenvalue weighted by atomic mass is 16.5. The van der Waals surface area contributed by atoms with E-state index in [-0.39, 0.29) is 11.9 Å². The standard InChI is InChI=1S/C23H28N4O2/c1-17-9-11-26-15-19(25-22(26)12-17)16-27-20(6-7-23(27)28)8-10-24-14-18-4-3-5-21(13-18)29-2/h3-5,9,11-13,15,20,24H,6-8,10,14,16H2,1-2H3/t20-/m0/s1. The summed E-state index contributed by atoms with van der Waals surface area (Å²) in [7, 11) is 1.68. The molecule has 0 saturated carbocycles. The van der Waals surface area contributed by atoms with Gasteiger partial charge in [0.1, 0.15) is 11.4 Å². The topological polar surface area (TPSA) is 58.9 Å². The van der Waals surface area contributed by atoms with Gasteiger partial charge in [-0.3, -0.25) is 4.79 Å². The number of carbonyl (C=O) groups is 1. The molecule has 1 amide bonds. The molecule has 29 heavy (non-hydrogen) atoms. The molecule has 1 fully saturated rings. The van der Waals surface area contributed by atoms with Crippen LogP contribution in [0.1, 0.15) is 36.1 Å². The summed E-state index contributed by atoms with van der Waals surface area (Å²) in [6.45, 7) is 4.31. The molecule has 4 rings (SSSR count). The number of aryl methyl sites for hydroxylation is 1. The quantitative estimate of drug-likeness (QED) is 0.598. The number of fused-ring (bicyclic) bond motifs is 1. The molecule has 3 heterocycles. The summed E-state index contributed by atoms with van der Waals surface area (Å²) in [5, 5.41) is 3.49. The Morgan fingerprint density at radius 2 is 2.17 bits per heavy atom. The van der Waals surface area contributed by atoms with E-state index in [0.717, 1.165) is 43.0 Å². The van der Waals surface area contributed by atoms with Gasteiger partial charge in [0.25, 0.3) is 0 Å². The molecule has 0 bridgehead atoms. The zero-order chi connectivity index (χ0) is 20.2. The van der Waals surface area contributed by atoms with Gasteiger partial charge in [0.2, 0.25) is 5.91 Å². The molecule has 6 nitrogen and oxygen atoms in total. The zero-order valence-electron chi connectivity index (χ0n) is 17.1. The van der Waals surface area contributed by atoms with Gasteiger partial charge in [-0.1, -0.05) is 12.1 Å². The Morgan fingerprint density at radius 3 is 3.03 bits per heavy atom. The van der Waals surface area contributed by atoms with Crippen LogP contribution in [0.4, 0.5) is 0 Å². The van der Waals surface area contributed by atoms with Crippen LogP contribution in [-0.4, -0.2) is 39.9 Å². The van der Waals surface area contributed by atoms with E-state index >= 15 is 0 Å². The number of carbonyl (C=O) groups excluding carboxylic acids is 1. The molecule has 0 unspecified atom stereocenters. The average Bonchev–Trinajstić information content (AvgIpc) is 3.28. The summed E-state index contributed by atoms with van der Waals surface area (Å²) in [5.74, 6) is 1.11. The fourth-order valence-corrected chi connectivity index (χ4v) is 3.98. The van der Waals surface area contributed by atoms with Crippen molar-refractivity contribution < 1.29 is 9.53 Å². The van der Waals surface area contributed by atoms with Gasteiger partial charge >= 0.3 is 0 Å². The number of amides is 1. The molecule has 1 atom stereocenters. The highest BCUT2D eigenvalue weighted by Crippen LogP contribution is 2.24. The lowest BCUT2D eigenvalue weighted by Gasteiger charge is -2.24. The second-order valence-electron chi connectivity index (χ2n) is 7.73. The van der Waals surface area contributed by atoms with Crippen molar-refractivity contribution in [2.45, 2.75) is 45.3 Å². The first-order valence-corrected chi connectivity index (χ1v) is 10.2. The summed E-state index contributed by atoms with van der Waals surface area (Å²) in [6.07, 6.45) is 6.55. The predicted octanol–water partition coefficient (Wildman–Crippen LogP) is 3.32. The Balaban J connectivity index is 1.32. The summed E-state index contributed by atoms with van der Waals surface area (Å²) in [6, 6.07) is 12.5. The van der Waals surface area contributed by atoms with Crippen LogP contribution in [0.3, 0.4) is 0 Å². The number of nitrogens with zero attached hydrogens (tertiary/aromatic N) is 3. The first kappa shape index (κ1) is 19.5. The number of rotatable bonds is 8. The largest absolute Gasteiger partial charge is 0.497 e. The van der Waals surface area contributed by atoms with Crippen LogP contribution in [0, 0.1) is 6.92 Å². The van der Waals surface area contributed by atoms with Gasteiger partial charge < -0.3 is 19.4 Å². The monoisotopic (exact) mass is 392 g/mol. The van der Waals surface area contributed by atoms with Gasteiger partial charge in [-0.05, 0) is 61.7 Å². The number of benzene rings is 1. The smallest absolute Gasteiger partial charge is 0.223 e. The molecule has 0 radical (unpaired) electrons. The fourth-order valence-electron chi connectivity index (χ4n) is 3.98. The molecule has 0 aliphatic carbocycles. The maximum atomic E-state index is 12.4. The number of pyridine rings is 1. The van der Waals surface area contributed by atoms with Gasteiger partial charge in [-0.15, -0.1) is 0 Å². The van der Waals surface area contributed by atoms with Crippen molar-refractivity contribution in [1.82, 2.24) is 19.6 Å². The third kappa shape index (κ3) is 4.59. The fraction of sp³-hybridized carbons (Fsp3) is 0.391. The summed E-state index contributed by atoms with van der Waals surface area (Å²) in [4.78, 5) is 19.1. The minimum atomic E-state index is 0.232. The van der Waals surface area contributed by atoms with Gasteiger partial charge in [0.05, 0.1) is 19.3 Å². The molecule has 1 aromatic carbocycles. The number of ether oxygens (including phenoxy) is 1. The van der Waals surface area contributed by atoms with E-state index in [1.807, 2.05) is 39.9 Å². The number of methoxy groups -OCH3 is 1. The second-order valence-corrected chi connectivity index (χ2v) is 7.73. The van der Waals surface area contributed by atoms with Gasteiger partial charge in [-0.25, -0.2) is 4.98 Å². The normalized spacial score (nSPS) is 16.7. The second kappa shape index (κ2) is 8.66. The lowest BCUT2D eigenvalue weighted by atomic mass is 10.1. The maximum absolute atomic E-state index is 12.4. The molecule has 3 aromatic rings. The van der Waals surface area contributed by atoms with E-state index in [4.69, 9.17) is 9.72 Å². The van der Waals surface area contributed by atoms with Crippen molar-refractivity contribution in [2.75, 3.05) is 13.7 Å². The van der Waals surface area contributed by atoms with Crippen LogP contribution in [0.5, 0.6) is 5.75 Å². The van der Waals surface area contributed by atoms with Crippen molar-refractivity contribution in [3.8, 4) is 5.75 Å². The molecule has 0 spiro atoms. The highest BCUT2D eigenvalue weighted by molar-refractivity contribution is 5.78. The minimum Gasteiger partial charge on any atom is -0.497 e. The summed E-state index contributed by atoms with van der Waals surface area (Å²) >= 11 is 0. The van der Waals surface area contributed by atoms with Crippen LogP contribution in [0.2, 0.25) is 0 Å². The van der Waals surface area contributed by atoms with Crippen molar-refractivity contribution in [3.05, 3.63) is 65.6 Å². The number of imidazole rings is 1. The van der Waals surface area contributed by atoms with E-state index in [9.17, 15) is 4.79 Å². The van der Waals surface area contributed by atoms with Crippen molar-refractivity contribution in [1.29, 1.82) is 0 Å². The number of nitrogens with one attached hydrogen (secondary N) is 1. The number of aromatic nitrogens is 2. The Labute approximate surface area is 171 Å². The molecule has 1 aliphatic rings. The molecular formula is C23H28N4O2. The van der Waals surface area contributed by atoms with E-state index in [1.165, 1.54) is 11.1 Å². The number of hydrogen-bond acceptors (Lipinski definition) is 4. The molecule has 1 N–H and O–H groups in total. The molecule has 1 aliphatic heterocycles. The van der Waals surface area contributed by atoms with Gasteiger partial charge in [0.15, 0.2) is 0 Å². The molecular weight excluding hydrogens is 364 g/mol. The first-order valence-electron chi connectivity index (χ1n) is 10.2. The Morgan fingerprint density at radius 1 is 1.28 bits per heavy atom. The SMILES string of the molecule is COc1cccc(CNCC[C@@H]2CCC(=O)N2Cc2cn3ccc(C)cc3n2)c1. The van der Waals surface area contributed by atoms with Crippen LogP contribution >= 0.6 is 0 Å². The third-order valence-corrected chi connectivity index (χ3v) is 5.57. The van der Waals surface area contributed by atoms with E-state index in [0.29, 0.717) is 13.0 Å². The van der Waals surface area contributed by atoms with Crippen molar-refractivity contribution in [3.63, 3.8) is 0 Å². The van der Waals surface area contributed by atoms with Crippen LogP contribution in [-0.2, 0) is 17.9 Å². The van der Waals surface area contributed by atoms with Crippen molar-refractivity contribution >= 4 is 11.6 Å². The lowest BCUT2D eigenvalue weighted by Crippen LogP contribution is -2.34. The molecule has 2 aromatic heterocycles. The minimum absolute atomic E-state index is 0.232. The molecule has 1 saturated heterocycles. The van der Waals surface area contributed by atoms with E-state index in [1.54, 1.807) is 7.11 Å². The van der Waals surface area contributed by atoms with E-state index in [2.05, 4.69) is 30.4 Å². The van der Waals surface area contributed by atoms with Crippen LogP contribution in [0.25, 0.3) is 5.65 Å². The number of likely N-dealkylation sites (tertiary alicyclic amines) is 1. The predicted molar refractivity (Wildman–Crippen MR) is 113 cm³/mol. The van der Waals surface area contributed by atoms with Gasteiger partial charge in [-0.2, -0.15) is 0 Å². The Hall–Kier alpha value is -2.86. The zero-order valence-corrected chi connectivity index (χ0v) is 17.1. The van der Waals surface area contributed by atoms with Gasteiger partial charge in [0, 0.05) is 31.4 Å². The average molecular weight is 393 g/mol. The summed E-state index contributed by atoms with van der Waals surface area (Å²) in [5.41, 5.74) is 4.26. The number of hydrogen-bond donors (Lipinski definition) is 1. The highest BCUT2D eigenvalue weighted by Gasteiger charge is 2.30. The lowest BCUT2D eigenvalue weighted by molar-refractivity contribution is -0.129. The summed E-state index contributed by atoms with van der Waals surface area (Å²) < 4.78 is 7.30. The van der Waals surface area contributed by atoms with Crippen LogP contribution in [0.15, 0.2) is 48.8 Å². The third-order valence-electron chi connectivity index (χ3n) is 5.57. The Bertz CT molecular complexity index is 997. The van der Waals surface area contributed by atoms with E-state index < -0.39 is 0 Å². The Kier molecular flexibility index (Phi) is 5.81. The van der Waals surface area contributed by atoms with Crippen LogP contribution < -0.4 is 10.1 Å². The maximum Gasteiger partial charge on any atom is 0.223 e. The molecule has 152 valence electrons. The molecule has 6 heteroatoms. The first-order chi connectivity index (χ1) is 14.1. The van der Waals surface area contributed by atoms with Crippen molar-refractivity contribution in [2.24, 2.45) is 0 Å².